The highest BCUT2D eigenvalue weighted by molar-refractivity contribution is 6.06. The molecular formula is C24H19F3N2O3. The molecule has 8 heteroatoms. The number of carbonyl (C=O) groups is 2. The molecule has 0 spiro atoms. The first-order valence-electron chi connectivity index (χ1n) is 9.46. The lowest BCUT2D eigenvalue weighted by Crippen LogP contribution is -2.14. The van der Waals surface area contributed by atoms with Crippen molar-refractivity contribution in [1.82, 2.24) is 0 Å². The van der Waals surface area contributed by atoms with Gasteiger partial charge < -0.3 is 15.4 Å². The Kier molecular flexibility index (Phi) is 6.94. The number of amides is 2. The van der Waals surface area contributed by atoms with Crippen LogP contribution in [0.4, 0.5) is 24.5 Å². The van der Waals surface area contributed by atoms with Crippen molar-refractivity contribution in [2.24, 2.45) is 0 Å². The van der Waals surface area contributed by atoms with Gasteiger partial charge in [0.25, 0.3) is 5.91 Å². The molecule has 0 bridgehead atoms. The number of alkyl halides is 3. The lowest BCUT2D eigenvalue weighted by molar-refractivity contribution is -0.137. The van der Waals surface area contributed by atoms with Crippen LogP contribution in [0.1, 0.15) is 21.5 Å². The van der Waals surface area contributed by atoms with Crippen LogP contribution in [0, 0.1) is 0 Å². The molecule has 0 aromatic heterocycles. The number of carbonyl (C=O) groups excluding carboxylic acids is 2. The van der Waals surface area contributed by atoms with Crippen LogP contribution in [-0.2, 0) is 11.0 Å². The van der Waals surface area contributed by atoms with Gasteiger partial charge in [0.2, 0.25) is 5.91 Å². The van der Waals surface area contributed by atoms with E-state index in [0.717, 1.165) is 17.7 Å². The van der Waals surface area contributed by atoms with Crippen molar-refractivity contribution in [3.63, 3.8) is 0 Å². The van der Waals surface area contributed by atoms with E-state index in [2.05, 4.69) is 10.6 Å². The van der Waals surface area contributed by atoms with Crippen molar-refractivity contribution in [2.45, 2.75) is 6.18 Å². The lowest BCUT2D eigenvalue weighted by atomic mass is 10.1. The van der Waals surface area contributed by atoms with Gasteiger partial charge in [-0.3, -0.25) is 9.59 Å². The Hall–Kier alpha value is -4.07. The van der Waals surface area contributed by atoms with Crippen LogP contribution in [0.15, 0.2) is 78.9 Å². The van der Waals surface area contributed by atoms with Gasteiger partial charge in [0, 0.05) is 23.0 Å². The van der Waals surface area contributed by atoms with Gasteiger partial charge in [-0.05, 0) is 60.2 Å². The fourth-order valence-corrected chi connectivity index (χ4v) is 2.79. The van der Waals surface area contributed by atoms with Gasteiger partial charge in [0.1, 0.15) is 5.75 Å². The van der Waals surface area contributed by atoms with Gasteiger partial charge in [-0.1, -0.05) is 24.3 Å². The number of hydrogen-bond donors (Lipinski definition) is 2. The predicted octanol–water partition coefficient (Wildman–Crippen LogP) is 5.62. The quantitative estimate of drug-likeness (QED) is 0.489. The van der Waals surface area contributed by atoms with E-state index in [1.165, 1.54) is 30.3 Å². The molecule has 0 fully saturated rings. The topological polar surface area (TPSA) is 67.4 Å². The van der Waals surface area contributed by atoms with E-state index in [-0.39, 0.29) is 11.3 Å². The monoisotopic (exact) mass is 440 g/mol. The molecule has 32 heavy (non-hydrogen) atoms. The second kappa shape index (κ2) is 9.82. The van der Waals surface area contributed by atoms with Gasteiger partial charge in [-0.25, -0.2) is 0 Å². The number of hydrogen-bond acceptors (Lipinski definition) is 3. The number of anilines is 2. The normalized spacial score (nSPS) is 11.2. The van der Waals surface area contributed by atoms with E-state index in [1.807, 2.05) is 0 Å². The van der Waals surface area contributed by atoms with E-state index in [9.17, 15) is 22.8 Å². The fourth-order valence-electron chi connectivity index (χ4n) is 2.79. The number of methoxy groups -OCH3 is 1. The van der Waals surface area contributed by atoms with Gasteiger partial charge >= 0.3 is 6.18 Å². The second-order valence-electron chi connectivity index (χ2n) is 6.71. The third-order valence-corrected chi connectivity index (χ3v) is 4.38. The summed E-state index contributed by atoms with van der Waals surface area (Å²) < 4.78 is 43.6. The molecule has 2 amide bonds. The molecule has 5 nitrogen and oxygen atoms in total. The Morgan fingerprint density at radius 1 is 0.875 bits per heavy atom. The highest BCUT2D eigenvalue weighted by Crippen LogP contribution is 2.30. The van der Waals surface area contributed by atoms with Crippen LogP contribution >= 0.6 is 0 Å². The molecule has 2 N–H and O–H groups in total. The smallest absolute Gasteiger partial charge is 0.416 e. The summed E-state index contributed by atoms with van der Waals surface area (Å²) in [7, 11) is 1.56. The van der Waals surface area contributed by atoms with Gasteiger partial charge in [0.05, 0.1) is 12.7 Å². The molecule has 3 aromatic carbocycles. The van der Waals surface area contributed by atoms with Crippen LogP contribution in [0.5, 0.6) is 5.75 Å². The van der Waals surface area contributed by atoms with Crippen molar-refractivity contribution in [2.75, 3.05) is 17.7 Å². The first-order valence-corrected chi connectivity index (χ1v) is 9.46. The van der Waals surface area contributed by atoms with Crippen LogP contribution in [0.3, 0.4) is 0 Å². The van der Waals surface area contributed by atoms with Gasteiger partial charge in [-0.15, -0.1) is 0 Å². The number of rotatable bonds is 6. The summed E-state index contributed by atoms with van der Waals surface area (Å²) in [4.78, 5) is 24.6. The molecule has 0 aliphatic heterocycles. The number of nitrogens with one attached hydrogen (secondary N) is 2. The summed E-state index contributed by atoms with van der Waals surface area (Å²) in [6.07, 6.45) is -1.54. The van der Waals surface area contributed by atoms with Crippen LogP contribution in [-0.4, -0.2) is 18.9 Å². The molecule has 0 radical (unpaired) electrons. The summed E-state index contributed by atoms with van der Waals surface area (Å²) >= 11 is 0. The number of halogens is 3. The van der Waals surface area contributed by atoms with Crippen LogP contribution in [0.25, 0.3) is 6.08 Å². The van der Waals surface area contributed by atoms with Crippen molar-refractivity contribution >= 4 is 29.3 Å². The number of ether oxygens (including phenoxy) is 1. The highest BCUT2D eigenvalue weighted by atomic mass is 19.4. The summed E-state index contributed by atoms with van der Waals surface area (Å²) in [5.74, 6) is -0.308. The van der Waals surface area contributed by atoms with Crippen molar-refractivity contribution in [3.8, 4) is 5.75 Å². The standard InChI is InChI=1S/C24H19F3N2O3/c1-32-21-11-8-16(9-12-21)10-13-22(30)28-19-6-2-4-17(14-19)23(31)29-20-7-3-5-18(15-20)24(25,26)27/h2-15H,1H3,(H,28,30)(H,29,31). The maximum atomic E-state index is 12.8. The van der Waals surface area contributed by atoms with Crippen LogP contribution < -0.4 is 15.4 Å². The van der Waals surface area contributed by atoms with E-state index in [4.69, 9.17) is 4.74 Å². The minimum absolute atomic E-state index is 0.0155. The largest absolute Gasteiger partial charge is 0.497 e. The molecule has 0 aliphatic carbocycles. The summed E-state index contributed by atoms with van der Waals surface area (Å²) in [6.45, 7) is 0. The molecule has 0 unspecified atom stereocenters. The van der Waals surface area contributed by atoms with E-state index >= 15 is 0 Å². The maximum Gasteiger partial charge on any atom is 0.416 e. The van der Waals surface area contributed by atoms with Gasteiger partial charge in [0.15, 0.2) is 0 Å². The fraction of sp³-hybridized carbons (Fsp3) is 0.0833. The molecule has 164 valence electrons. The zero-order valence-electron chi connectivity index (χ0n) is 16.9. The Bertz CT molecular complexity index is 1140. The number of benzene rings is 3. The second-order valence-corrected chi connectivity index (χ2v) is 6.71. The third kappa shape index (κ3) is 6.21. The molecule has 3 aromatic rings. The summed E-state index contributed by atoms with van der Waals surface area (Å²) in [5.41, 5.74) is 0.502. The zero-order chi connectivity index (χ0) is 23.1. The van der Waals surface area contributed by atoms with E-state index in [1.54, 1.807) is 49.6 Å². The Balaban J connectivity index is 1.65. The van der Waals surface area contributed by atoms with Crippen LogP contribution in [0.2, 0.25) is 0 Å². The van der Waals surface area contributed by atoms with Crippen molar-refractivity contribution < 1.29 is 27.5 Å². The SMILES string of the molecule is COc1ccc(C=CC(=O)Nc2cccc(C(=O)Nc3cccc(C(F)(F)F)c3)c2)cc1. The molecule has 3 rings (SSSR count). The predicted molar refractivity (Wildman–Crippen MR) is 116 cm³/mol. The maximum absolute atomic E-state index is 12.8. The summed E-state index contributed by atoms with van der Waals surface area (Å²) in [5, 5.41) is 5.08. The third-order valence-electron chi connectivity index (χ3n) is 4.38. The highest BCUT2D eigenvalue weighted by Gasteiger charge is 2.30. The Morgan fingerprint density at radius 3 is 2.19 bits per heavy atom. The lowest BCUT2D eigenvalue weighted by Gasteiger charge is -2.10. The molecule has 0 atom stereocenters. The first-order chi connectivity index (χ1) is 15.2. The minimum Gasteiger partial charge on any atom is -0.497 e. The Labute approximate surface area is 182 Å². The summed E-state index contributed by atoms with van der Waals surface area (Å²) in [6, 6.07) is 17.6. The molecule has 0 saturated heterocycles. The minimum atomic E-state index is -4.51. The van der Waals surface area contributed by atoms with E-state index in [0.29, 0.717) is 11.4 Å². The average Bonchev–Trinajstić information content (AvgIpc) is 2.78. The average molecular weight is 440 g/mol. The molecule has 0 aliphatic rings. The molecular weight excluding hydrogens is 421 g/mol. The molecule has 0 saturated carbocycles. The van der Waals surface area contributed by atoms with E-state index < -0.39 is 23.6 Å². The zero-order valence-corrected chi connectivity index (χ0v) is 16.9. The van der Waals surface area contributed by atoms with Gasteiger partial charge in [-0.2, -0.15) is 13.2 Å². The first kappa shape index (κ1) is 22.6. The Morgan fingerprint density at radius 2 is 1.53 bits per heavy atom. The molecule has 0 heterocycles. The van der Waals surface area contributed by atoms with Crippen molar-refractivity contribution in [1.29, 1.82) is 0 Å². The van der Waals surface area contributed by atoms with Crippen molar-refractivity contribution in [3.05, 3.63) is 95.6 Å².